The molecule has 2 aromatic rings. The maximum absolute atomic E-state index is 6.37. The van der Waals surface area contributed by atoms with Gasteiger partial charge in [0.05, 0.1) is 11.4 Å². The number of nitrogens with zero attached hydrogens (tertiary/aromatic N) is 4. The number of hydrogen-bond donors (Lipinski definition) is 0. The Bertz CT molecular complexity index is 680. The van der Waals surface area contributed by atoms with Crippen LogP contribution in [0.25, 0.3) is 11.2 Å². The van der Waals surface area contributed by atoms with Crippen LogP contribution in [0.3, 0.4) is 0 Å². The van der Waals surface area contributed by atoms with E-state index in [2.05, 4.69) is 30.4 Å². The maximum atomic E-state index is 6.37. The number of aromatic nitrogens is 3. The van der Waals surface area contributed by atoms with Crippen molar-refractivity contribution >= 4 is 38.7 Å². The minimum Gasteiger partial charge on any atom is -0.307 e. The maximum Gasteiger partial charge on any atom is 0.160 e. The van der Waals surface area contributed by atoms with Crippen LogP contribution in [-0.4, -0.2) is 38.6 Å². The number of imidazole rings is 1. The lowest BCUT2D eigenvalue weighted by Crippen LogP contribution is -2.24. The smallest absolute Gasteiger partial charge is 0.160 e. The van der Waals surface area contributed by atoms with Crippen molar-refractivity contribution in [3.63, 3.8) is 0 Å². The third kappa shape index (κ3) is 2.49. The van der Waals surface area contributed by atoms with Crippen molar-refractivity contribution < 1.29 is 0 Å². The molecule has 1 saturated heterocycles. The summed E-state index contributed by atoms with van der Waals surface area (Å²) in [4.78, 5) is 11.9. The Morgan fingerprint density at radius 2 is 2.14 bits per heavy atom. The zero-order valence-corrected chi connectivity index (χ0v) is 14.3. The Balaban J connectivity index is 1.76. The molecular weight excluding hydrogens is 352 g/mol. The Labute approximate surface area is 137 Å². The van der Waals surface area contributed by atoms with Crippen molar-refractivity contribution in [1.82, 2.24) is 19.4 Å². The molecule has 112 valence electrons. The number of rotatable bonds is 3. The zero-order chi connectivity index (χ0) is 14.6. The van der Waals surface area contributed by atoms with Crippen LogP contribution < -0.4 is 0 Å². The van der Waals surface area contributed by atoms with E-state index in [1.165, 1.54) is 19.4 Å². The fourth-order valence-electron chi connectivity index (χ4n) is 3.37. The molecule has 1 aliphatic heterocycles. The average Bonchev–Trinajstić information content (AvgIpc) is 3.06. The van der Waals surface area contributed by atoms with E-state index < -0.39 is 0 Å². The van der Waals surface area contributed by atoms with Gasteiger partial charge in [-0.15, -0.1) is 11.6 Å². The molecule has 0 radical (unpaired) electrons. The van der Waals surface area contributed by atoms with Crippen LogP contribution in [-0.2, 0) is 0 Å². The Kier molecular flexibility index (Phi) is 3.47. The number of hydrogen-bond acceptors (Lipinski definition) is 3. The predicted molar refractivity (Wildman–Crippen MR) is 87.7 cm³/mol. The van der Waals surface area contributed by atoms with Crippen LogP contribution in [0.2, 0.25) is 0 Å². The van der Waals surface area contributed by atoms with Gasteiger partial charge in [0.25, 0.3) is 0 Å². The second kappa shape index (κ2) is 5.21. The summed E-state index contributed by atoms with van der Waals surface area (Å²) in [6, 6.07) is 3.29. The first-order valence-corrected chi connectivity index (χ1v) is 8.78. The minimum atomic E-state index is -0.104. The summed E-state index contributed by atoms with van der Waals surface area (Å²) in [5.74, 6) is 0.944. The standard InChI is InChI=1S/C15H18BrClN4/c1-9(17)14-19-13-6-10(16)7-18-15(13)21(14)12-4-5-20(8-12)11-2-3-11/h6-7,9,11-12H,2-5,8H2,1H3. The zero-order valence-electron chi connectivity index (χ0n) is 12.0. The Hall–Kier alpha value is -0.650. The summed E-state index contributed by atoms with van der Waals surface area (Å²) in [6.45, 7) is 4.27. The van der Waals surface area contributed by atoms with Crippen LogP contribution in [0, 0.1) is 0 Å². The van der Waals surface area contributed by atoms with Crippen LogP contribution in [0.15, 0.2) is 16.7 Å². The molecule has 0 spiro atoms. The van der Waals surface area contributed by atoms with Crippen molar-refractivity contribution in [3.8, 4) is 0 Å². The van der Waals surface area contributed by atoms with Gasteiger partial charge >= 0.3 is 0 Å². The van der Waals surface area contributed by atoms with E-state index in [0.717, 1.165) is 40.5 Å². The summed E-state index contributed by atoms with van der Waals surface area (Å²) in [5.41, 5.74) is 1.89. The van der Waals surface area contributed by atoms with E-state index >= 15 is 0 Å². The van der Waals surface area contributed by atoms with Gasteiger partial charge in [-0.3, -0.25) is 4.90 Å². The third-order valence-electron chi connectivity index (χ3n) is 4.50. The third-order valence-corrected chi connectivity index (χ3v) is 5.13. The first kappa shape index (κ1) is 14.0. The molecule has 0 amide bonds. The van der Waals surface area contributed by atoms with Gasteiger partial charge in [0.1, 0.15) is 11.3 Å². The van der Waals surface area contributed by atoms with E-state index in [-0.39, 0.29) is 5.38 Å². The van der Waals surface area contributed by atoms with Crippen molar-refractivity contribution in [2.24, 2.45) is 0 Å². The molecule has 6 heteroatoms. The van der Waals surface area contributed by atoms with Gasteiger partial charge in [-0.1, -0.05) is 0 Å². The Morgan fingerprint density at radius 3 is 2.86 bits per heavy atom. The van der Waals surface area contributed by atoms with Crippen molar-refractivity contribution in [3.05, 3.63) is 22.6 Å². The summed E-state index contributed by atoms with van der Waals surface area (Å²) in [7, 11) is 0. The molecule has 3 heterocycles. The number of halogens is 2. The van der Waals surface area contributed by atoms with Crippen molar-refractivity contribution in [1.29, 1.82) is 0 Å². The first-order chi connectivity index (χ1) is 10.1. The molecule has 2 aliphatic rings. The van der Waals surface area contributed by atoms with E-state index in [1.54, 1.807) is 0 Å². The quantitative estimate of drug-likeness (QED) is 0.769. The number of fused-ring (bicyclic) bond motifs is 1. The lowest BCUT2D eigenvalue weighted by atomic mass is 10.2. The SMILES string of the molecule is CC(Cl)c1nc2cc(Br)cnc2n1C1CCN(C2CC2)C1. The molecule has 0 bridgehead atoms. The molecule has 0 N–H and O–H groups in total. The summed E-state index contributed by atoms with van der Waals surface area (Å²) in [5, 5.41) is -0.104. The second-order valence-corrected chi connectivity index (χ2v) is 7.69. The lowest BCUT2D eigenvalue weighted by molar-refractivity contribution is 0.313. The monoisotopic (exact) mass is 368 g/mol. The molecule has 1 saturated carbocycles. The van der Waals surface area contributed by atoms with Gasteiger partial charge in [0.2, 0.25) is 0 Å². The average molecular weight is 370 g/mol. The fraction of sp³-hybridized carbons (Fsp3) is 0.600. The minimum absolute atomic E-state index is 0.104. The number of likely N-dealkylation sites (tertiary alicyclic amines) is 1. The normalized spacial score (nSPS) is 24.8. The molecule has 21 heavy (non-hydrogen) atoms. The number of pyridine rings is 1. The largest absolute Gasteiger partial charge is 0.307 e. The molecule has 2 fully saturated rings. The van der Waals surface area contributed by atoms with Gasteiger partial charge < -0.3 is 4.57 Å². The van der Waals surface area contributed by atoms with Crippen LogP contribution in [0.5, 0.6) is 0 Å². The molecular formula is C15H18BrClN4. The lowest BCUT2D eigenvalue weighted by Gasteiger charge is -2.18. The van der Waals surface area contributed by atoms with Gasteiger partial charge in [-0.25, -0.2) is 9.97 Å². The Morgan fingerprint density at radius 1 is 1.33 bits per heavy atom. The van der Waals surface area contributed by atoms with E-state index in [1.807, 2.05) is 19.2 Å². The highest BCUT2D eigenvalue weighted by Crippen LogP contribution is 2.36. The van der Waals surface area contributed by atoms with Gasteiger partial charge in [0.15, 0.2) is 5.65 Å². The summed E-state index contributed by atoms with van der Waals surface area (Å²) in [6.07, 6.45) is 5.73. The van der Waals surface area contributed by atoms with E-state index in [0.29, 0.717) is 6.04 Å². The second-order valence-electron chi connectivity index (χ2n) is 6.12. The molecule has 4 nitrogen and oxygen atoms in total. The van der Waals surface area contributed by atoms with Crippen molar-refractivity contribution in [2.75, 3.05) is 13.1 Å². The fourth-order valence-corrected chi connectivity index (χ4v) is 3.84. The highest BCUT2D eigenvalue weighted by atomic mass is 79.9. The molecule has 2 aromatic heterocycles. The van der Waals surface area contributed by atoms with Gasteiger partial charge in [0, 0.05) is 29.8 Å². The predicted octanol–water partition coefficient (Wildman–Crippen LogP) is 3.90. The molecule has 2 unspecified atom stereocenters. The topological polar surface area (TPSA) is 34.0 Å². The summed E-state index contributed by atoms with van der Waals surface area (Å²) >= 11 is 9.84. The molecule has 1 aliphatic carbocycles. The highest BCUT2D eigenvalue weighted by Gasteiger charge is 2.36. The van der Waals surface area contributed by atoms with Crippen LogP contribution >= 0.6 is 27.5 Å². The molecule has 0 aromatic carbocycles. The van der Waals surface area contributed by atoms with Gasteiger partial charge in [-0.2, -0.15) is 0 Å². The summed E-state index contributed by atoms with van der Waals surface area (Å²) < 4.78 is 3.24. The molecule has 4 rings (SSSR count). The highest BCUT2D eigenvalue weighted by molar-refractivity contribution is 9.10. The van der Waals surface area contributed by atoms with Crippen LogP contribution in [0.1, 0.15) is 43.4 Å². The first-order valence-electron chi connectivity index (χ1n) is 7.55. The number of alkyl halides is 1. The van der Waals surface area contributed by atoms with E-state index in [4.69, 9.17) is 16.6 Å². The van der Waals surface area contributed by atoms with Gasteiger partial charge in [-0.05, 0) is 48.2 Å². The van der Waals surface area contributed by atoms with Crippen LogP contribution in [0.4, 0.5) is 0 Å². The molecule has 2 atom stereocenters. The van der Waals surface area contributed by atoms with E-state index in [9.17, 15) is 0 Å². The van der Waals surface area contributed by atoms with Crippen molar-refractivity contribution in [2.45, 2.75) is 43.6 Å².